The van der Waals surface area contributed by atoms with E-state index in [2.05, 4.69) is 20.9 Å². The van der Waals surface area contributed by atoms with E-state index in [0.29, 0.717) is 6.61 Å². The maximum Gasteiger partial charge on any atom is 0.329 e. The van der Waals surface area contributed by atoms with Crippen LogP contribution in [0.4, 0.5) is 0 Å². The molecule has 7 nitrogen and oxygen atoms in total. The molecule has 1 N–H and O–H groups in total. The Bertz CT molecular complexity index is 818. The van der Waals surface area contributed by atoms with Gasteiger partial charge in [-0.2, -0.15) is 0 Å². The van der Waals surface area contributed by atoms with Gasteiger partial charge in [0.15, 0.2) is 5.79 Å². The van der Waals surface area contributed by atoms with E-state index in [-0.39, 0.29) is 28.3 Å². The molecule has 0 unspecified atom stereocenters. The van der Waals surface area contributed by atoms with Gasteiger partial charge in [-0.1, -0.05) is 6.08 Å². The molecular weight excluding hydrogens is 392 g/mol. The standard InChI is InChI=1S/C17H23BrN2O5/c1-16(2,3)23-8-9-6-11(13-12(9)24-17(4,5)25-13)20-7-10(18)14(21)19-15(20)22/h6-7,11-13H,8H2,1-5H3,(H,19,21,22)/t11-,12-,13+/m1/s1. The van der Waals surface area contributed by atoms with Gasteiger partial charge in [0.05, 0.1) is 22.7 Å². The Labute approximate surface area is 154 Å². The summed E-state index contributed by atoms with van der Waals surface area (Å²) in [5.74, 6) is -0.752. The lowest BCUT2D eigenvalue weighted by Gasteiger charge is -2.23. The van der Waals surface area contributed by atoms with Crippen LogP contribution in [-0.2, 0) is 14.2 Å². The second kappa shape index (κ2) is 6.19. The highest BCUT2D eigenvalue weighted by Crippen LogP contribution is 2.43. The van der Waals surface area contributed by atoms with Crippen LogP contribution in [0.5, 0.6) is 0 Å². The number of nitrogens with one attached hydrogen (secondary N) is 1. The molecule has 1 saturated heterocycles. The van der Waals surface area contributed by atoms with Crippen LogP contribution >= 0.6 is 15.9 Å². The normalized spacial score (nSPS) is 28.1. The van der Waals surface area contributed by atoms with Gasteiger partial charge in [-0.15, -0.1) is 0 Å². The highest BCUT2D eigenvalue weighted by molar-refractivity contribution is 9.10. The van der Waals surface area contributed by atoms with Crippen molar-refractivity contribution in [3.05, 3.63) is 43.2 Å². The molecule has 2 aliphatic rings. The number of halogens is 1. The molecule has 1 aromatic rings. The molecule has 138 valence electrons. The maximum atomic E-state index is 12.3. The minimum atomic E-state index is -0.752. The molecular formula is C17H23BrN2O5. The number of aromatic nitrogens is 2. The second-order valence-corrected chi connectivity index (χ2v) is 8.65. The van der Waals surface area contributed by atoms with E-state index in [1.807, 2.05) is 40.7 Å². The average molecular weight is 415 g/mol. The zero-order chi connectivity index (χ0) is 18.6. The molecule has 25 heavy (non-hydrogen) atoms. The average Bonchev–Trinajstić information content (AvgIpc) is 2.93. The van der Waals surface area contributed by atoms with Gasteiger partial charge in [0, 0.05) is 6.20 Å². The van der Waals surface area contributed by atoms with Gasteiger partial charge in [-0.3, -0.25) is 14.3 Å². The number of nitrogens with zero attached hydrogens (tertiary/aromatic N) is 1. The molecule has 8 heteroatoms. The predicted molar refractivity (Wildman–Crippen MR) is 95.7 cm³/mol. The van der Waals surface area contributed by atoms with Gasteiger partial charge in [0.25, 0.3) is 5.56 Å². The first-order valence-electron chi connectivity index (χ1n) is 8.18. The van der Waals surface area contributed by atoms with Crippen LogP contribution in [0.15, 0.2) is 31.9 Å². The van der Waals surface area contributed by atoms with Gasteiger partial charge in [0.1, 0.15) is 12.2 Å². The third-order valence-corrected chi connectivity index (χ3v) is 4.70. The van der Waals surface area contributed by atoms with E-state index in [9.17, 15) is 9.59 Å². The molecule has 1 aliphatic heterocycles. The van der Waals surface area contributed by atoms with Crippen molar-refractivity contribution < 1.29 is 14.2 Å². The monoisotopic (exact) mass is 414 g/mol. The maximum absolute atomic E-state index is 12.3. The largest absolute Gasteiger partial charge is 0.371 e. The van der Waals surface area contributed by atoms with E-state index in [0.717, 1.165) is 5.57 Å². The Morgan fingerprint density at radius 1 is 1.32 bits per heavy atom. The van der Waals surface area contributed by atoms with Gasteiger partial charge in [-0.05, 0) is 56.1 Å². The summed E-state index contributed by atoms with van der Waals surface area (Å²) in [6.45, 7) is 10.0. The van der Waals surface area contributed by atoms with Crippen molar-refractivity contribution in [2.75, 3.05) is 6.61 Å². The van der Waals surface area contributed by atoms with Crippen LogP contribution in [-0.4, -0.2) is 39.8 Å². The van der Waals surface area contributed by atoms with Crippen molar-refractivity contribution in [3.8, 4) is 0 Å². The highest BCUT2D eigenvalue weighted by Gasteiger charge is 2.51. The minimum Gasteiger partial charge on any atom is -0.371 e. The fourth-order valence-corrected chi connectivity index (χ4v) is 3.41. The second-order valence-electron chi connectivity index (χ2n) is 7.80. The van der Waals surface area contributed by atoms with Crippen molar-refractivity contribution in [1.29, 1.82) is 0 Å². The molecule has 0 amide bonds. The molecule has 3 rings (SSSR count). The van der Waals surface area contributed by atoms with E-state index in [1.54, 1.807) is 0 Å². The van der Waals surface area contributed by atoms with Crippen LogP contribution < -0.4 is 11.2 Å². The molecule has 0 saturated carbocycles. The topological polar surface area (TPSA) is 82.6 Å². The summed E-state index contributed by atoms with van der Waals surface area (Å²) in [7, 11) is 0. The van der Waals surface area contributed by atoms with Gasteiger partial charge < -0.3 is 14.2 Å². The Balaban J connectivity index is 1.98. The molecule has 1 aromatic heterocycles. The van der Waals surface area contributed by atoms with Gasteiger partial charge >= 0.3 is 5.69 Å². The summed E-state index contributed by atoms with van der Waals surface area (Å²) in [6.07, 6.45) is 2.77. The number of rotatable bonds is 3. The van der Waals surface area contributed by atoms with Crippen LogP contribution in [0.3, 0.4) is 0 Å². The van der Waals surface area contributed by atoms with Crippen molar-refractivity contribution in [3.63, 3.8) is 0 Å². The molecule has 0 aromatic carbocycles. The fraction of sp³-hybridized carbons (Fsp3) is 0.647. The molecule has 3 atom stereocenters. The van der Waals surface area contributed by atoms with Crippen LogP contribution in [0.25, 0.3) is 0 Å². The third kappa shape index (κ3) is 3.81. The highest BCUT2D eigenvalue weighted by atomic mass is 79.9. The summed E-state index contributed by atoms with van der Waals surface area (Å²) in [4.78, 5) is 26.2. The minimum absolute atomic E-state index is 0.287. The number of fused-ring (bicyclic) bond motifs is 1. The van der Waals surface area contributed by atoms with E-state index in [1.165, 1.54) is 10.8 Å². The number of hydrogen-bond donors (Lipinski definition) is 1. The predicted octanol–water partition coefficient (Wildman–Crippen LogP) is 2.12. The zero-order valence-electron chi connectivity index (χ0n) is 15.0. The van der Waals surface area contributed by atoms with Crippen molar-refractivity contribution in [1.82, 2.24) is 9.55 Å². The first-order chi connectivity index (χ1) is 11.5. The Morgan fingerprint density at radius 3 is 2.64 bits per heavy atom. The van der Waals surface area contributed by atoms with Crippen LogP contribution in [0.2, 0.25) is 0 Å². The molecule has 0 bridgehead atoms. The number of aromatic amines is 1. The summed E-state index contributed by atoms with van der Waals surface area (Å²) in [6, 6.07) is -0.383. The molecule has 0 radical (unpaired) electrons. The van der Waals surface area contributed by atoms with E-state index in [4.69, 9.17) is 14.2 Å². The van der Waals surface area contributed by atoms with Crippen LogP contribution in [0.1, 0.15) is 40.7 Å². The summed E-state index contributed by atoms with van der Waals surface area (Å²) >= 11 is 3.17. The molecule has 2 heterocycles. The van der Waals surface area contributed by atoms with Crippen molar-refractivity contribution >= 4 is 15.9 Å². The SMILES string of the molecule is CC(C)(C)OCC1=C[C@@H](n2cc(Br)c(=O)[nH]c2=O)[C@@H]2OC(C)(C)O[C@H]12. The number of ether oxygens (including phenoxy) is 3. The molecule has 0 spiro atoms. The number of hydrogen-bond acceptors (Lipinski definition) is 5. The van der Waals surface area contributed by atoms with Gasteiger partial charge in [-0.25, -0.2) is 4.79 Å². The van der Waals surface area contributed by atoms with Crippen LogP contribution in [0, 0.1) is 0 Å². The zero-order valence-corrected chi connectivity index (χ0v) is 16.5. The lowest BCUT2D eigenvalue weighted by molar-refractivity contribution is -0.148. The summed E-state index contributed by atoms with van der Waals surface area (Å²) < 4.78 is 19.7. The van der Waals surface area contributed by atoms with Gasteiger partial charge in [0.2, 0.25) is 0 Å². The third-order valence-electron chi connectivity index (χ3n) is 4.13. The summed E-state index contributed by atoms with van der Waals surface area (Å²) in [5, 5.41) is 0. The molecule has 1 fully saturated rings. The first-order valence-corrected chi connectivity index (χ1v) is 8.97. The van der Waals surface area contributed by atoms with E-state index >= 15 is 0 Å². The Hall–Kier alpha value is -1.22. The smallest absolute Gasteiger partial charge is 0.329 e. The van der Waals surface area contributed by atoms with Crippen molar-refractivity contribution in [2.24, 2.45) is 0 Å². The molecule has 1 aliphatic carbocycles. The van der Waals surface area contributed by atoms with E-state index < -0.39 is 17.0 Å². The fourth-order valence-electron chi connectivity index (χ4n) is 3.09. The lowest BCUT2D eigenvalue weighted by atomic mass is 10.1. The summed E-state index contributed by atoms with van der Waals surface area (Å²) in [5.41, 5.74) is -0.300. The van der Waals surface area contributed by atoms with Crippen molar-refractivity contribution in [2.45, 2.75) is 64.3 Å². The Kier molecular flexibility index (Phi) is 4.60. The first kappa shape index (κ1) is 18.6. The quantitative estimate of drug-likeness (QED) is 0.765. The Morgan fingerprint density at radius 2 is 2.00 bits per heavy atom. The number of H-pyrrole nitrogens is 1. The lowest BCUT2D eigenvalue weighted by Crippen LogP contribution is -2.37.